The molecule has 0 N–H and O–H groups in total. The Morgan fingerprint density at radius 1 is 1.22 bits per heavy atom. The van der Waals surface area contributed by atoms with E-state index in [-0.39, 0.29) is 10.6 Å². The fourth-order valence-corrected chi connectivity index (χ4v) is 2.77. The van der Waals surface area contributed by atoms with E-state index in [2.05, 4.69) is 0 Å². The number of ether oxygens (including phenoxy) is 2. The third-order valence-electron chi connectivity index (χ3n) is 2.22. The van der Waals surface area contributed by atoms with Gasteiger partial charge in [0.25, 0.3) is 0 Å². The minimum atomic E-state index is -3.62. The van der Waals surface area contributed by atoms with Gasteiger partial charge in [-0.05, 0) is 32.0 Å². The second kappa shape index (κ2) is 6.82. The summed E-state index contributed by atoms with van der Waals surface area (Å²) in [5.74, 6) is -0.904. The first-order valence-electron chi connectivity index (χ1n) is 5.71. The second-order valence-corrected chi connectivity index (χ2v) is 5.61. The highest BCUT2D eigenvalue weighted by Crippen LogP contribution is 2.15. The Morgan fingerprint density at radius 2 is 1.83 bits per heavy atom. The Labute approximate surface area is 107 Å². The zero-order chi connectivity index (χ0) is 13.6. The van der Waals surface area contributed by atoms with Crippen LogP contribution >= 0.6 is 0 Å². The van der Waals surface area contributed by atoms with E-state index in [0.717, 1.165) is 6.07 Å². The first kappa shape index (κ1) is 15.1. The van der Waals surface area contributed by atoms with Crippen LogP contribution in [0.3, 0.4) is 0 Å². The van der Waals surface area contributed by atoms with Crippen LogP contribution in [-0.2, 0) is 19.3 Å². The largest absolute Gasteiger partial charge is 0.352 e. The number of sulfone groups is 1. The van der Waals surface area contributed by atoms with Gasteiger partial charge < -0.3 is 9.47 Å². The van der Waals surface area contributed by atoms with E-state index in [4.69, 9.17) is 9.47 Å². The third kappa shape index (κ3) is 4.36. The predicted molar refractivity (Wildman–Crippen MR) is 65.5 cm³/mol. The fourth-order valence-electron chi connectivity index (χ4n) is 1.45. The highest BCUT2D eigenvalue weighted by atomic mass is 32.2. The molecule has 1 rings (SSSR count). The molecule has 0 heterocycles. The van der Waals surface area contributed by atoms with Crippen molar-refractivity contribution >= 4 is 9.84 Å². The molecule has 0 saturated heterocycles. The van der Waals surface area contributed by atoms with Crippen LogP contribution in [0.15, 0.2) is 29.2 Å². The van der Waals surface area contributed by atoms with Crippen LogP contribution in [0.4, 0.5) is 4.39 Å². The fraction of sp³-hybridized carbons (Fsp3) is 0.500. The smallest absolute Gasteiger partial charge is 0.183 e. The maximum absolute atomic E-state index is 13.0. The first-order valence-corrected chi connectivity index (χ1v) is 7.36. The highest BCUT2D eigenvalue weighted by Gasteiger charge is 2.22. The van der Waals surface area contributed by atoms with Crippen LogP contribution in [0.25, 0.3) is 0 Å². The van der Waals surface area contributed by atoms with Crippen molar-refractivity contribution in [2.45, 2.75) is 25.0 Å². The molecule has 18 heavy (non-hydrogen) atoms. The van der Waals surface area contributed by atoms with Gasteiger partial charge in [-0.25, -0.2) is 12.8 Å². The number of halogens is 1. The summed E-state index contributed by atoms with van der Waals surface area (Å²) < 4.78 is 47.4. The van der Waals surface area contributed by atoms with Gasteiger partial charge in [0.15, 0.2) is 16.1 Å². The normalized spacial score (nSPS) is 12.0. The van der Waals surface area contributed by atoms with E-state index < -0.39 is 21.9 Å². The van der Waals surface area contributed by atoms with E-state index in [1.54, 1.807) is 13.8 Å². The molecule has 0 bridgehead atoms. The number of hydrogen-bond acceptors (Lipinski definition) is 4. The zero-order valence-corrected chi connectivity index (χ0v) is 11.2. The van der Waals surface area contributed by atoms with Gasteiger partial charge in [0.2, 0.25) is 0 Å². The minimum absolute atomic E-state index is 0.0630. The topological polar surface area (TPSA) is 52.6 Å². The predicted octanol–water partition coefficient (Wildman–Crippen LogP) is 2.00. The summed E-state index contributed by atoms with van der Waals surface area (Å²) in [5.41, 5.74) is 0. The molecule has 0 atom stereocenters. The van der Waals surface area contributed by atoms with Gasteiger partial charge >= 0.3 is 0 Å². The lowest BCUT2D eigenvalue weighted by atomic mass is 10.4. The second-order valence-electron chi connectivity index (χ2n) is 3.58. The molecular formula is C12H17FO4S. The molecule has 1 aromatic rings. The molecule has 0 aliphatic heterocycles. The molecule has 0 fully saturated rings. The summed E-state index contributed by atoms with van der Waals surface area (Å²) in [6, 6.07) is 4.90. The van der Waals surface area contributed by atoms with E-state index in [9.17, 15) is 12.8 Å². The van der Waals surface area contributed by atoms with E-state index in [1.165, 1.54) is 18.2 Å². The molecule has 0 aliphatic carbocycles. The molecular weight excluding hydrogens is 259 g/mol. The van der Waals surface area contributed by atoms with Gasteiger partial charge in [-0.2, -0.15) is 0 Å². The first-order chi connectivity index (χ1) is 8.49. The molecule has 0 amide bonds. The van der Waals surface area contributed by atoms with Crippen molar-refractivity contribution in [3.8, 4) is 0 Å². The molecule has 0 spiro atoms. The Morgan fingerprint density at radius 3 is 2.33 bits per heavy atom. The van der Waals surface area contributed by atoms with Crippen molar-refractivity contribution in [3.63, 3.8) is 0 Å². The quantitative estimate of drug-likeness (QED) is 0.715. The van der Waals surface area contributed by atoms with Crippen molar-refractivity contribution in [3.05, 3.63) is 30.1 Å². The van der Waals surface area contributed by atoms with Gasteiger partial charge in [-0.3, -0.25) is 0 Å². The highest BCUT2D eigenvalue weighted by molar-refractivity contribution is 7.91. The lowest BCUT2D eigenvalue weighted by Gasteiger charge is -2.16. The standard InChI is InChI=1S/C12H17FO4S/c1-3-16-12(17-4-2)9-18(14,15)11-7-5-6-10(13)8-11/h5-8,12H,3-4,9H2,1-2H3. The van der Waals surface area contributed by atoms with Gasteiger partial charge in [0.05, 0.1) is 4.90 Å². The lowest BCUT2D eigenvalue weighted by Crippen LogP contribution is -2.27. The number of hydrogen-bond donors (Lipinski definition) is 0. The maximum Gasteiger partial charge on any atom is 0.183 e. The van der Waals surface area contributed by atoms with Crippen LogP contribution in [-0.4, -0.2) is 33.7 Å². The SMILES string of the molecule is CCOC(CS(=O)(=O)c1cccc(F)c1)OCC. The molecule has 1 aromatic carbocycles. The lowest BCUT2D eigenvalue weighted by molar-refractivity contribution is -0.120. The maximum atomic E-state index is 13.0. The molecule has 6 heteroatoms. The van der Waals surface area contributed by atoms with Crippen molar-refractivity contribution in [1.29, 1.82) is 0 Å². The molecule has 102 valence electrons. The average molecular weight is 276 g/mol. The summed E-state index contributed by atoms with van der Waals surface area (Å²) >= 11 is 0. The summed E-state index contributed by atoms with van der Waals surface area (Å²) in [5, 5.41) is 0. The Bertz CT molecular complexity index is 467. The zero-order valence-electron chi connectivity index (χ0n) is 10.4. The number of benzene rings is 1. The molecule has 0 aliphatic rings. The van der Waals surface area contributed by atoms with Crippen molar-refractivity contribution < 1.29 is 22.3 Å². The van der Waals surface area contributed by atoms with Gasteiger partial charge in [0, 0.05) is 13.2 Å². The van der Waals surface area contributed by atoms with E-state index in [1.807, 2.05) is 0 Å². The summed E-state index contributed by atoms with van der Waals surface area (Å²) in [4.78, 5) is -0.0630. The van der Waals surface area contributed by atoms with Crippen LogP contribution in [0.1, 0.15) is 13.8 Å². The molecule has 0 unspecified atom stereocenters. The molecule has 4 nitrogen and oxygen atoms in total. The van der Waals surface area contributed by atoms with Crippen molar-refractivity contribution in [2.24, 2.45) is 0 Å². The minimum Gasteiger partial charge on any atom is -0.352 e. The van der Waals surface area contributed by atoms with Crippen LogP contribution < -0.4 is 0 Å². The van der Waals surface area contributed by atoms with Gasteiger partial charge in [-0.1, -0.05) is 6.07 Å². The van der Waals surface area contributed by atoms with Crippen LogP contribution in [0, 0.1) is 5.82 Å². The molecule has 0 radical (unpaired) electrons. The Hall–Kier alpha value is -0.980. The monoisotopic (exact) mass is 276 g/mol. The average Bonchev–Trinajstić information content (AvgIpc) is 2.29. The van der Waals surface area contributed by atoms with Gasteiger partial charge in [0.1, 0.15) is 11.6 Å². The van der Waals surface area contributed by atoms with Crippen molar-refractivity contribution in [2.75, 3.05) is 19.0 Å². The van der Waals surface area contributed by atoms with Crippen LogP contribution in [0.2, 0.25) is 0 Å². The van der Waals surface area contributed by atoms with E-state index >= 15 is 0 Å². The van der Waals surface area contributed by atoms with E-state index in [0.29, 0.717) is 13.2 Å². The van der Waals surface area contributed by atoms with Crippen LogP contribution in [0.5, 0.6) is 0 Å². The summed E-state index contributed by atoms with van der Waals surface area (Å²) in [6.07, 6.45) is -0.826. The molecule has 0 aromatic heterocycles. The Kier molecular flexibility index (Phi) is 5.71. The Balaban J connectivity index is 2.86. The number of rotatable bonds is 7. The van der Waals surface area contributed by atoms with Crippen molar-refractivity contribution in [1.82, 2.24) is 0 Å². The van der Waals surface area contributed by atoms with Gasteiger partial charge in [-0.15, -0.1) is 0 Å². The molecule has 0 saturated carbocycles. The summed E-state index contributed by atoms with van der Waals surface area (Å²) in [7, 11) is -3.62. The third-order valence-corrected chi connectivity index (χ3v) is 3.90. The summed E-state index contributed by atoms with van der Waals surface area (Å²) in [6.45, 7) is 4.20.